The maximum atomic E-state index is 11.6. The molecule has 1 amide bonds. The van der Waals surface area contributed by atoms with Crippen molar-refractivity contribution in [2.24, 2.45) is 17.1 Å². The Labute approximate surface area is 107 Å². The van der Waals surface area contributed by atoms with Crippen LogP contribution in [0, 0.1) is 11.3 Å². The van der Waals surface area contributed by atoms with Crippen molar-refractivity contribution in [2.75, 3.05) is 6.54 Å². The van der Waals surface area contributed by atoms with Crippen LogP contribution in [0.15, 0.2) is 0 Å². The van der Waals surface area contributed by atoms with Crippen LogP contribution < -0.4 is 11.1 Å². The van der Waals surface area contributed by atoms with Gasteiger partial charge in [0, 0.05) is 19.0 Å². The Morgan fingerprint density at radius 2 is 1.82 bits per heavy atom. The van der Waals surface area contributed by atoms with E-state index in [2.05, 4.69) is 39.9 Å². The summed E-state index contributed by atoms with van der Waals surface area (Å²) in [7, 11) is 0. The molecule has 0 aliphatic rings. The van der Waals surface area contributed by atoms with E-state index in [1.165, 1.54) is 12.8 Å². The van der Waals surface area contributed by atoms with Gasteiger partial charge in [0.2, 0.25) is 5.91 Å². The second kappa shape index (κ2) is 7.70. The summed E-state index contributed by atoms with van der Waals surface area (Å²) in [4.78, 5) is 11.6. The Balaban J connectivity index is 3.60. The minimum atomic E-state index is -0.0711. The summed E-state index contributed by atoms with van der Waals surface area (Å²) < 4.78 is 0. The van der Waals surface area contributed by atoms with E-state index < -0.39 is 0 Å². The summed E-state index contributed by atoms with van der Waals surface area (Å²) in [6.45, 7) is 11.4. The topological polar surface area (TPSA) is 55.1 Å². The lowest BCUT2D eigenvalue weighted by molar-refractivity contribution is -0.121. The van der Waals surface area contributed by atoms with Crippen LogP contribution in [0.4, 0.5) is 0 Å². The fourth-order valence-corrected chi connectivity index (χ4v) is 1.48. The lowest BCUT2D eigenvalue weighted by atomic mass is 9.85. The molecule has 0 aromatic rings. The first-order valence-electron chi connectivity index (χ1n) is 6.75. The van der Waals surface area contributed by atoms with E-state index in [0.29, 0.717) is 6.42 Å². The summed E-state index contributed by atoms with van der Waals surface area (Å²) in [5, 5.41) is 2.94. The molecule has 0 bridgehead atoms. The molecule has 0 saturated heterocycles. The molecule has 3 nitrogen and oxygen atoms in total. The lowest BCUT2D eigenvalue weighted by Crippen LogP contribution is -2.40. The maximum Gasteiger partial charge on any atom is 0.221 e. The highest BCUT2D eigenvalue weighted by atomic mass is 16.1. The molecule has 3 heteroatoms. The average molecular weight is 242 g/mol. The molecule has 17 heavy (non-hydrogen) atoms. The van der Waals surface area contributed by atoms with E-state index in [1.807, 2.05) is 0 Å². The van der Waals surface area contributed by atoms with E-state index in [-0.39, 0.29) is 17.4 Å². The van der Waals surface area contributed by atoms with Gasteiger partial charge in [-0.2, -0.15) is 0 Å². The zero-order chi connectivity index (χ0) is 13.5. The van der Waals surface area contributed by atoms with Gasteiger partial charge < -0.3 is 11.1 Å². The third-order valence-electron chi connectivity index (χ3n) is 3.05. The molecular formula is C14H30N2O. The highest BCUT2D eigenvalue weighted by Crippen LogP contribution is 2.19. The van der Waals surface area contributed by atoms with Crippen molar-refractivity contribution in [3.8, 4) is 0 Å². The number of amides is 1. The number of hydrogen-bond donors (Lipinski definition) is 2. The van der Waals surface area contributed by atoms with Crippen LogP contribution in [0.1, 0.15) is 60.3 Å². The standard InChI is InChI=1S/C14H30N2O/c1-11(2)8-6-7-9-16-13(17)10-12(15)14(3,4)5/h11-12H,6-10,15H2,1-5H3,(H,16,17). The molecule has 0 aliphatic carbocycles. The Morgan fingerprint density at radius 1 is 1.24 bits per heavy atom. The van der Waals surface area contributed by atoms with Gasteiger partial charge >= 0.3 is 0 Å². The first-order chi connectivity index (χ1) is 7.73. The van der Waals surface area contributed by atoms with Crippen LogP contribution >= 0.6 is 0 Å². The highest BCUT2D eigenvalue weighted by molar-refractivity contribution is 5.76. The molecule has 0 heterocycles. The molecule has 1 atom stereocenters. The summed E-state index contributed by atoms with van der Waals surface area (Å²) >= 11 is 0. The molecule has 0 fully saturated rings. The maximum absolute atomic E-state index is 11.6. The van der Waals surface area contributed by atoms with Crippen molar-refractivity contribution in [1.82, 2.24) is 5.32 Å². The van der Waals surface area contributed by atoms with Crippen molar-refractivity contribution in [3.05, 3.63) is 0 Å². The van der Waals surface area contributed by atoms with Gasteiger partial charge in [0.05, 0.1) is 0 Å². The van der Waals surface area contributed by atoms with Crippen molar-refractivity contribution < 1.29 is 4.79 Å². The zero-order valence-corrected chi connectivity index (χ0v) is 12.2. The molecule has 0 spiro atoms. The monoisotopic (exact) mass is 242 g/mol. The van der Waals surface area contributed by atoms with Crippen LogP contribution in [0.25, 0.3) is 0 Å². The van der Waals surface area contributed by atoms with Crippen molar-refractivity contribution >= 4 is 5.91 Å². The number of carbonyl (C=O) groups is 1. The van der Waals surface area contributed by atoms with E-state index in [9.17, 15) is 4.79 Å². The fraction of sp³-hybridized carbons (Fsp3) is 0.929. The number of hydrogen-bond acceptors (Lipinski definition) is 2. The minimum Gasteiger partial charge on any atom is -0.356 e. The van der Waals surface area contributed by atoms with Gasteiger partial charge in [0.25, 0.3) is 0 Å². The first-order valence-corrected chi connectivity index (χ1v) is 6.75. The summed E-state index contributed by atoms with van der Waals surface area (Å²) in [5.41, 5.74) is 5.96. The number of nitrogens with two attached hydrogens (primary N) is 1. The van der Waals surface area contributed by atoms with Gasteiger partial charge in [-0.15, -0.1) is 0 Å². The van der Waals surface area contributed by atoms with Crippen LogP contribution in [0.5, 0.6) is 0 Å². The van der Waals surface area contributed by atoms with Crippen LogP contribution in [-0.4, -0.2) is 18.5 Å². The second-order valence-corrected chi connectivity index (χ2v) is 6.42. The third kappa shape index (κ3) is 9.16. The Bertz CT molecular complexity index is 219. The summed E-state index contributed by atoms with van der Waals surface area (Å²) in [6, 6.07) is -0.0711. The predicted molar refractivity (Wildman–Crippen MR) is 73.7 cm³/mol. The van der Waals surface area contributed by atoms with Gasteiger partial charge in [-0.05, 0) is 17.8 Å². The van der Waals surface area contributed by atoms with Gasteiger partial charge in [0.15, 0.2) is 0 Å². The van der Waals surface area contributed by atoms with Gasteiger partial charge in [-0.3, -0.25) is 4.79 Å². The largest absolute Gasteiger partial charge is 0.356 e. The van der Waals surface area contributed by atoms with Crippen LogP contribution in [-0.2, 0) is 4.79 Å². The van der Waals surface area contributed by atoms with Gasteiger partial charge in [-0.1, -0.05) is 47.5 Å². The number of rotatable bonds is 7. The predicted octanol–water partition coefficient (Wildman–Crippen LogP) is 2.69. The van der Waals surface area contributed by atoms with Crippen molar-refractivity contribution in [2.45, 2.75) is 66.3 Å². The highest BCUT2D eigenvalue weighted by Gasteiger charge is 2.22. The Hall–Kier alpha value is -0.570. The third-order valence-corrected chi connectivity index (χ3v) is 3.05. The molecule has 0 aliphatic heterocycles. The van der Waals surface area contributed by atoms with Crippen LogP contribution in [0.3, 0.4) is 0 Å². The zero-order valence-electron chi connectivity index (χ0n) is 12.2. The number of unbranched alkanes of at least 4 members (excludes halogenated alkanes) is 1. The molecule has 0 rings (SSSR count). The number of carbonyl (C=O) groups excluding carboxylic acids is 1. The minimum absolute atomic E-state index is 0.00498. The molecule has 0 radical (unpaired) electrons. The Morgan fingerprint density at radius 3 is 2.29 bits per heavy atom. The van der Waals surface area contributed by atoms with Crippen molar-refractivity contribution in [3.63, 3.8) is 0 Å². The fourth-order valence-electron chi connectivity index (χ4n) is 1.48. The molecule has 0 aromatic heterocycles. The van der Waals surface area contributed by atoms with Gasteiger partial charge in [0.1, 0.15) is 0 Å². The van der Waals surface area contributed by atoms with Gasteiger partial charge in [-0.25, -0.2) is 0 Å². The van der Waals surface area contributed by atoms with E-state index in [4.69, 9.17) is 5.73 Å². The normalized spacial score (nSPS) is 13.8. The summed E-state index contributed by atoms with van der Waals surface area (Å²) in [6.07, 6.45) is 3.91. The molecular weight excluding hydrogens is 212 g/mol. The van der Waals surface area contributed by atoms with E-state index >= 15 is 0 Å². The summed E-state index contributed by atoms with van der Waals surface area (Å²) in [5.74, 6) is 0.831. The molecule has 3 N–H and O–H groups in total. The first kappa shape index (κ1) is 16.4. The molecule has 102 valence electrons. The van der Waals surface area contributed by atoms with E-state index in [1.54, 1.807) is 0 Å². The van der Waals surface area contributed by atoms with Crippen LogP contribution in [0.2, 0.25) is 0 Å². The molecule has 1 unspecified atom stereocenters. The number of nitrogens with one attached hydrogen (secondary N) is 1. The smallest absolute Gasteiger partial charge is 0.221 e. The SMILES string of the molecule is CC(C)CCCCNC(=O)CC(N)C(C)(C)C. The average Bonchev–Trinajstić information content (AvgIpc) is 2.15. The Kier molecular flexibility index (Phi) is 7.44. The van der Waals surface area contributed by atoms with Crippen molar-refractivity contribution in [1.29, 1.82) is 0 Å². The molecule has 0 saturated carbocycles. The quantitative estimate of drug-likeness (QED) is 0.674. The molecule has 0 aromatic carbocycles. The lowest BCUT2D eigenvalue weighted by Gasteiger charge is -2.26. The second-order valence-electron chi connectivity index (χ2n) is 6.42. The van der Waals surface area contributed by atoms with E-state index in [0.717, 1.165) is 18.9 Å².